The Morgan fingerprint density at radius 3 is 3.06 bits per heavy atom. The fourth-order valence-corrected chi connectivity index (χ4v) is 2.26. The maximum atomic E-state index is 9.05. The molecular weight excluding hydrogens is 236 g/mol. The molecule has 1 saturated heterocycles. The number of hydrogen-bond acceptors (Lipinski definition) is 3. The largest absolute Gasteiger partial charge is 0.381 e. The maximum Gasteiger partial charge on any atom is 0.101 e. The van der Waals surface area contributed by atoms with Gasteiger partial charge in [-0.1, -0.05) is 11.6 Å². The molecule has 17 heavy (non-hydrogen) atoms. The SMILES string of the molecule is C[C@@H]1C[C@@H](Nc2ccc(Cl)cc2C#N)CCO1. The fourth-order valence-electron chi connectivity index (χ4n) is 2.08. The molecule has 4 heteroatoms. The van der Waals surface area contributed by atoms with Gasteiger partial charge in [0.1, 0.15) is 6.07 Å². The Morgan fingerprint density at radius 2 is 2.35 bits per heavy atom. The van der Waals surface area contributed by atoms with Crippen LogP contribution < -0.4 is 5.32 Å². The summed E-state index contributed by atoms with van der Waals surface area (Å²) in [5.74, 6) is 0. The minimum Gasteiger partial charge on any atom is -0.381 e. The Bertz CT molecular complexity index is 442. The zero-order valence-electron chi connectivity index (χ0n) is 9.74. The Balaban J connectivity index is 2.10. The van der Waals surface area contributed by atoms with Gasteiger partial charge in [-0.05, 0) is 38.0 Å². The molecule has 0 unspecified atom stereocenters. The molecular formula is C13H15ClN2O. The van der Waals surface area contributed by atoms with E-state index >= 15 is 0 Å². The van der Waals surface area contributed by atoms with E-state index in [4.69, 9.17) is 21.6 Å². The van der Waals surface area contributed by atoms with Crippen LogP contribution in [-0.2, 0) is 4.74 Å². The summed E-state index contributed by atoms with van der Waals surface area (Å²) in [5, 5.41) is 13.0. The van der Waals surface area contributed by atoms with E-state index in [1.54, 1.807) is 12.1 Å². The summed E-state index contributed by atoms with van der Waals surface area (Å²) in [5.41, 5.74) is 1.45. The Labute approximate surface area is 106 Å². The molecule has 2 rings (SSSR count). The average molecular weight is 251 g/mol. The highest BCUT2D eigenvalue weighted by molar-refractivity contribution is 6.30. The Morgan fingerprint density at radius 1 is 1.53 bits per heavy atom. The van der Waals surface area contributed by atoms with Crippen molar-refractivity contribution in [2.75, 3.05) is 11.9 Å². The predicted octanol–water partition coefficient (Wildman–Crippen LogP) is 3.19. The molecule has 3 nitrogen and oxygen atoms in total. The topological polar surface area (TPSA) is 45.0 Å². The highest BCUT2D eigenvalue weighted by Crippen LogP contribution is 2.23. The normalized spacial score (nSPS) is 24.1. The van der Waals surface area contributed by atoms with E-state index in [-0.39, 0.29) is 6.10 Å². The van der Waals surface area contributed by atoms with Gasteiger partial charge in [0.15, 0.2) is 0 Å². The smallest absolute Gasteiger partial charge is 0.101 e. The lowest BCUT2D eigenvalue weighted by atomic mass is 10.0. The second-order valence-electron chi connectivity index (χ2n) is 4.35. The molecule has 0 amide bonds. The number of nitriles is 1. The number of ether oxygens (including phenoxy) is 1. The third-order valence-electron chi connectivity index (χ3n) is 2.95. The van der Waals surface area contributed by atoms with Crippen LogP contribution in [0.2, 0.25) is 5.02 Å². The van der Waals surface area contributed by atoms with E-state index in [9.17, 15) is 0 Å². The fraction of sp³-hybridized carbons (Fsp3) is 0.462. The third kappa shape index (κ3) is 3.12. The number of halogens is 1. The predicted molar refractivity (Wildman–Crippen MR) is 68.2 cm³/mol. The second kappa shape index (κ2) is 5.39. The first-order valence-electron chi connectivity index (χ1n) is 5.77. The highest BCUT2D eigenvalue weighted by atomic mass is 35.5. The molecule has 1 aromatic rings. The van der Waals surface area contributed by atoms with Crippen LogP contribution >= 0.6 is 11.6 Å². The lowest BCUT2D eigenvalue weighted by molar-refractivity contribution is 0.0232. The summed E-state index contributed by atoms with van der Waals surface area (Å²) in [4.78, 5) is 0. The summed E-state index contributed by atoms with van der Waals surface area (Å²) in [7, 11) is 0. The lowest BCUT2D eigenvalue weighted by Crippen LogP contribution is -2.32. The zero-order valence-corrected chi connectivity index (χ0v) is 10.5. The Hall–Kier alpha value is -1.24. The van der Waals surface area contributed by atoms with Crippen molar-refractivity contribution < 1.29 is 4.74 Å². The van der Waals surface area contributed by atoms with Crippen molar-refractivity contribution in [3.8, 4) is 6.07 Å². The summed E-state index contributed by atoms with van der Waals surface area (Å²) in [6, 6.07) is 7.87. The summed E-state index contributed by atoms with van der Waals surface area (Å²) >= 11 is 5.86. The third-order valence-corrected chi connectivity index (χ3v) is 3.18. The van der Waals surface area contributed by atoms with E-state index in [1.165, 1.54) is 0 Å². The van der Waals surface area contributed by atoms with Crippen molar-refractivity contribution in [1.82, 2.24) is 0 Å². The molecule has 1 heterocycles. The van der Waals surface area contributed by atoms with Crippen LogP contribution in [0.15, 0.2) is 18.2 Å². The van der Waals surface area contributed by atoms with E-state index < -0.39 is 0 Å². The zero-order chi connectivity index (χ0) is 12.3. The van der Waals surface area contributed by atoms with Gasteiger partial charge < -0.3 is 10.1 Å². The Kier molecular flexibility index (Phi) is 3.88. The number of nitrogens with zero attached hydrogens (tertiary/aromatic N) is 1. The van der Waals surface area contributed by atoms with Crippen molar-refractivity contribution in [2.45, 2.75) is 31.9 Å². The van der Waals surface area contributed by atoms with Gasteiger partial charge in [-0.15, -0.1) is 0 Å². The van der Waals surface area contributed by atoms with Gasteiger partial charge in [0.2, 0.25) is 0 Å². The van der Waals surface area contributed by atoms with Gasteiger partial charge in [-0.2, -0.15) is 5.26 Å². The molecule has 0 aliphatic carbocycles. The first kappa shape index (κ1) is 12.2. The van der Waals surface area contributed by atoms with E-state index in [1.807, 2.05) is 6.07 Å². The minimum atomic E-state index is 0.277. The van der Waals surface area contributed by atoms with Crippen molar-refractivity contribution in [3.05, 3.63) is 28.8 Å². The molecule has 0 spiro atoms. The van der Waals surface area contributed by atoms with Crippen LogP contribution in [-0.4, -0.2) is 18.8 Å². The molecule has 1 aliphatic heterocycles. The van der Waals surface area contributed by atoms with Gasteiger partial charge in [0, 0.05) is 17.7 Å². The number of nitrogens with one attached hydrogen (secondary N) is 1. The summed E-state index contributed by atoms with van der Waals surface area (Å²) in [6.45, 7) is 2.84. The van der Waals surface area contributed by atoms with E-state index in [0.717, 1.165) is 25.1 Å². The number of rotatable bonds is 2. The monoisotopic (exact) mass is 250 g/mol. The number of anilines is 1. The van der Waals surface area contributed by atoms with Gasteiger partial charge in [0.05, 0.1) is 17.4 Å². The van der Waals surface area contributed by atoms with E-state index in [0.29, 0.717) is 16.6 Å². The first-order valence-corrected chi connectivity index (χ1v) is 6.14. The molecule has 0 radical (unpaired) electrons. The van der Waals surface area contributed by atoms with Crippen LogP contribution in [0, 0.1) is 11.3 Å². The van der Waals surface area contributed by atoms with Gasteiger partial charge in [-0.3, -0.25) is 0 Å². The van der Waals surface area contributed by atoms with Gasteiger partial charge in [0.25, 0.3) is 0 Å². The first-order chi connectivity index (χ1) is 8.19. The quantitative estimate of drug-likeness (QED) is 0.877. The second-order valence-corrected chi connectivity index (χ2v) is 4.79. The molecule has 1 aliphatic rings. The average Bonchev–Trinajstić information content (AvgIpc) is 2.31. The highest BCUT2D eigenvalue weighted by Gasteiger charge is 2.19. The number of benzene rings is 1. The molecule has 1 N–H and O–H groups in total. The molecule has 1 fully saturated rings. The molecule has 2 atom stereocenters. The van der Waals surface area contributed by atoms with Gasteiger partial charge >= 0.3 is 0 Å². The summed E-state index contributed by atoms with van der Waals surface area (Å²) < 4.78 is 5.50. The van der Waals surface area contributed by atoms with Crippen LogP contribution in [0.1, 0.15) is 25.3 Å². The van der Waals surface area contributed by atoms with Crippen LogP contribution in [0.5, 0.6) is 0 Å². The molecule has 0 saturated carbocycles. The van der Waals surface area contributed by atoms with Crippen LogP contribution in [0.25, 0.3) is 0 Å². The van der Waals surface area contributed by atoms with Crippen LogP contribution in [0.4, 0.5) is 5.69 Å². The minimum absolute atomic E-state index is 0.277. The maximum absolute atomic E-state index is 9.05. The van der Waals surface area contributed by atoms with Gasteiger partial charge in [-0.25, -0.2) is 0 Å². The standard InChI is InChI=1S/C13H15ClN2O/c1-9-6-12(4-5-17-9)16-13-3-2-11(14)7-10(13)8-15/h2-3,7,9,12,16H,4-6H2,1H3/t9-,12+/m1/s1. The van der Waals surface area contributed by atoms with Crippen molar-refractivity contribution in [3.63, 3.8) is 0 Å². The van der Waals surface area contributed by atoms with Crippen molar-refractivity contribution >= 4 is 17.3 Å². The molecule has 0 bridgehead atoms. The lowest BCUT2D eigenvalue weighted by Gasteiger charge is -2.29. The molecule has 0 aromatic heterocycles. The van der Waals surface area contributed by atoms with E-state index in [2.05, 4.69) is 18.3 Å². The van der Waals surface area contributed by atoms with Crippen molar-refractivity contribution in [2.24, 2.45) is 0 Å². The molecule has 1 aromatic carbocycles. The van der Waals surface area contributed by atoms with Crippen LogP contribution in [0.3, 0.4) is 0 Å². The number of hydrogen-bond donors (Lipinski definition) is 1. The summed E-state index contributed by atoms with van der Waals surface area (Å²) in [6.07, 6.45) is 2.21. The van der Waals surface area contributed by atoms with Crippen molar-refractivity contribution in [1.29, 1.82) is 5.26 Å². The molecule has 90 valence electrons.